The molecule has 190 valence electrons. The maximum absolute atomic E-state index is 13.4. The second-order valence-corrected chi connectivity index (χ2v) is 11.8. The van der Waals surface area contributed by atoms with Gasteiger partial charge in [0.05, 0.1) is 23.7 Å². The van der Waals surface area contributed by atoms with E-state index in [0.29, 0.717) is 5.02 Å². The number of amides is 1. The number of ether oxygens (including phenoxy) is 2. The van der Waals surface area contributed by atoms with Crippen molar-refractivity contribution < 1.29 is 22.7 Å². The Morgan fingerprint density at radius 2 is 1.78 bits per heavy atom. The van der Waals surface area contributed by atoms with Gasteiger partial charge in [-0.2, -0.15) is 0 Å². The standard InChI is InChI=1S/C27H29ClN2O5S/c1-27(2,3)21-11-7-8-12-23(21)34-16-15-29-26(31)25-18-30(22-17-19(28)13-14-24(22)35-25)36(32,33)20-9-5-4-6-10-20/h4-14,17,25H,15-16,18H2,1-3H3,(H,29,31)/t25-/m1/s1. The maximum Gasteiger partial charge on any atom is 0.264 e. The number of sulfonamides is 1. The molecule has 0 aromatic heterocycles. The summed E-state index contributed by atoms with van der Waals surface area (Å²) >= 11 is 6.14. The third-order valence-electron chi connectivity index (χ3n) is 5.77. The van der Waals surface area contributed by atoms with Crippen LogP contribution >= 0.6 is 11.6 Å². The topological polar surface area (TPSA) is 84.9 Å². The molecule has 0 fully saturated rings. The molecule has 0 spiro atoms. The molecule has 1 heterocycles. The molecule has 36 heavy (non-hydrogen) atoms. The number of rotatable bonds is 7. The zero-order chi connectivity index (χ0) is 25.9. The molecule has 3 aromatic carbocycles. The van der Waals surface area contributed by atoms with Gasteiger partial charge in [-0.05, 0) is 47.4 Å². The quantitative estimate of drug-likeness (QED) is 0.446. The Kier molecular flexibility index (Phi) is 7.47. The number of fused-ring (bicyclic) bond motifs is 1. The number of carbonyl (C=O) groups excluding carboxylic acids is 1. The third kappa shape index (κ3) is 5.60. The van der Waals surface area contributed by atoms with Crippen molar-refractivity contribution in [3.05, 3.63) is 83.4 Å². The van der Waals surface area contributed by atoms with Gasteiger partial charge in [-0.3, -0.25) is 9.10 Å². The molecule has 0 saturated carbocycles. The van der Waals surface area contributed by atoms with Gasteiger partial charge in [0.15, 0.2) is 6.10 Å². The molecule has 1 amide bonds. The number of anilines is 1. The minimum Gasteiger partial charge on any atom is -0.491 e. The average molecular weight is 529 g/mol. The van der Waals surface area contributed by atoms with Crippen LogP contribution in [0.25, 0.3) is 0 Å². The van der Waals surface area contributed by atoms with Crippen LogP contribution in [-0.4, -0.2) is 40.1 Å². The highest BCUT2D eigenvalue weighted by Gasteiger charge is 2.37. The lowest BCUT2D eigenvalue weighted by Crippen LogP contribution is -2.51. The molecule has 4 rings (SSSR count). The van der Waals surface area contributed by atoms with E-state index in [2.05, 4.69) is 26.1 Å². The summed E-state index contributed by atoms with van der Waals surface area (Å²) in [5, 5.41) is 3.16. The minimum atomic E-state index is -3.95. The maximum atomic E-state index is 13.4. The Morgan fingerprint density at radius 3 is 2.50 bits per heavy atom. The van der Waals surface area contributed by atoms with E-state index in [4.69, 9.17) is 21.1 Å². The molecule has 0 aliphatic carbocycles. The van der Waals surface area contributed by atoms with Crippen LogP contribution in [0, 0.1) is 0 Å². The summed E-state index contributed by atoms with van der Waals surface area (Å²) in [5.74, 6) is 0.594. The van der Waals surface area contributed by atoms with Crippen molar-refractivity contribution in [2.75, 3.05) is 24.0 Å². The zero-order valence-electron chi connectivity index (χ0n) is 20.4. The number of hydrogen-bond acceptors (Lipinski definition) is 5. The predicted octanol–water partition coefficient (Wildman–Crippen LogP) is 4.79. The Hall–Kier alpha value is -3.23. The molecule has 9 heteroatoms. The monoisotopic (exact) mass is 528 g/mol. The van der Waals surface area contributed by atoms with Gasteiger partial charge in [-0.15, -0.1) is 0 Å². The number of nitrogens with zero attached hydrogens (tertiary/aromatic N) is 1. The second-order valence-electron chi connectivity index (χ2n) is 9.45. The Labute approximate surface area is 217 Å². The number of nitrogens with one attached hydrogen (secondary N) is 1. The summed E-state index contributed by atoms with van der Waals surface area (Å²) in [4.78, 5) is 13.1. The molecule has 7 nitrogen and oxygen atoms in total. The van der Waals surface area contributed by atoms with Crippen LogP contribution < -0.4 is 19.1 Å². The van der Waals surface area contributed by atoms with E-state index in [0.717, 1.165) is 11.3 Å². The van der Waals surface area contributed by atoms with Crippen molar-refractivity contribution in [3.8, 4) is 11.5 Å². The SMILES string of the molecule is CC(C)(C)c1ccccc1OCCNC(=O)[C@H]1CN(S(=O)(=O)c2ccccc2)c2cc(Cl)ccc2O1. The Morgan fingerprint density at radius 1 is 1.08 bits per heavy atom. The summed E-state index contributed by atoms with van der Waals surface area (Å²) in [7, 11) is -3.95. The van der Waals surface area contributed by atoms with Crippen LogP contribution in [0.5, 0.6) is 11.5 Å². The fourth-order valence-electron chi connectivity index (χ4n) is 3.97. The molecular formula is C27H29ClN2O5S. The first-order valence-corrected chi connectivity index (χ1v) is 13.4. The molecule has 3 aromatic rings. The van der Waals surface area contributed by atoms with E-state index < -0.39 is 22.0 Å². The van der Waals surface area contributed by atoms with Gasteiger partial charge in [0.2, 0.25) is 0 Å². The number of benzene rings is 3. The number of hydrogen-bond donors (Lipinski definition) is 1. The Bertz CT molecular complexity index is 1340. The van der Waals surface area contributed by atoms with E-state index in [1.54, 1.807) is 30.3 Å². The minimum absolute atomic E-state index is 0.0836. The summed E-state index contributed by atoms with van der Waals surface area (Å²) in [6, 6.07) is 20.5. The van der Waals surface area contributed by atoms with Gasteiger partial charge in [0, 0.05) is 5.02 Å². The van der Waals surface area contributed by atoms with E-state index in [1.807, 2.05) is 24.3 Å². The van der Waals surface area contributed by atoms with Gasteiger partial charge in [0.1, 0.15) is 18.1 Å². The largest absolute Gasteiger partial charge is 0.491 e. The fraction of sp³-hybridized carbons (Fsp3) is 0.296. The van der Waals surface area contributed by atoms with Crippen molar-refractivity contribution in [1.82, 2.24) is 5.32 Å². The smallest absolute Gasteiger partial charge is 0.264 e. The first-order chi connectivity index (χ1) is 17.1. The highest BCUT2D eigenvalue weighted by atomic mass is 35.5. The molecular weight excluding hydrogens is 500 g/mol. The summed E-state index contributed by atoms with van der Waals surface area (Å²) in [5.41, 5.74) is 1.28. The van der Waals surface area contributed by atoms with E-state index in [9.17, 15) is 13.2 Å². The third-order valence-corrected chi connectivity index (χ3v) is 7.80. The van der Waals surface area contributed by atoms with Crippen molar-refractivity contribution in [1.29, 1.82) is 0 Å². The van der Waals surface area contributed by atoms with Crippen molar-refractivity contribution in [2.45, 2.75) is 37.2 Å². The van der Waals surface area contributed by atoms with Gasteiger partial charge >= 0.3 is 0 Å². The molecule has 0 radical (unpaired) electrons. The van der Waals surface area contributed by atoms with Crippen LogP contribution in [-0.2, 0) is 20.2 Å². The average Bonchev–Trinajstić information content (AvgIpc) is 2.86. The highest BCUT2D eigenvalue weighted by molar-refractivity contribution is 7.92. The summed E-state index contributed by atoms with van der Waals surface area (Å²) < 4.78 is 39.8. The van der Waals surface area contributed by atoms with Gasteiger partial charge in [-0.25, -0.2) is 8.42 Å². The van der Waals surface area contributed by atoms with Crippen molar-refractivity contribution in [3.63, 3.8) is 0 Å². The van der Waals surface area contributed by atoms with E-state index >= 15 is 0 Å². The van der Waals surface area contributed by atoms with Crippen LogP contribution in [0.15, 0.2) is 77.7 Å². The number of para-hydroxylation sites is 1. The molecule has 1 aliphatic heterocycles. The molecule has 1 N–H and O–H groups in total. The lowest BCUT2D eigenvalue weighted by atomic mass is 9.86. The van der Waals surface area contributed by atoms with Crippen LogP contribution in [0.1, 0.15) is 26.3 Å². The van der Waals surface area contributed by atoms with Crippen molar-refractivity contribution in [2.24, 2.45) is 0 Å². The molecule has 0 saturated heterocycles. The first kappa shape index (κ1) is 25.9. The van der Waals surface area contributed by atoms with Crippen molar-refractivity contribution >= 4 is 33.2 Å². The second kappa shape index (κ2) is 10.4. The van der Waals surface area contributed by atoms with Gasteiger partial charge in [-0.1, -0.05) is 68.8 Å². The summed E-state index contributed by atoms with van der Waals surface area (Å²) in [6.07, 6.45) is -1.04. The van der Waals surface area contributed by atoms with Gasteiger partial charge < -0.3 is 14.8 Å². The molecule has 0 bridgehead atoms. The summed E-state index contributed by atoms with van der Waals surface area (Å²) in [6.45, 7) is 6.62. The zero-order valence-corrected chi connectivity index (χ0v) is 22.0. The first-order valence-electron chi connectivity index (χ1n) is 11.6. The molecule has 1 aliphatic rings. The normalized spacial score (nSPS) is 15.6. The van der Waals surface area contributed by atoms with Crippen LogP contribution in [0.4, 0.5) is 5.69 Å². The van der Waals surface area contributed by atoms with Crippen LogP contribution in [0.3, 0.4) is 0 Å². The Balaban J connectivity index is 1.47. The lowest BCUT2D eigenvalue weighted by Gasteiger charge is -2.34. The van der Waals surface area contributed by atoms with E-state index in [1.165, 1.54) is 22.5 Å². The number of halogens is 1. The molecule has 1 atom stereocenters. The highest BCUT2D eigenvalue weighted by Crippen LogP contribution is 2.39. The molecule has 0 unspecified atom stereocenters. The van der Waals surface area contributed by atoms with Gasteiger partial charge in [0.25, 0.3) is 15.9 Å². The lowest BCUT2D eigenvalue weighted by molar-refractivity contribution is -0.127. The fourth-order valence-corrected chi connectivity index (χ4v) is 5.62. The van der Waals surface area contributed by atoms with Crippen LogP contribution in [0.2, 0.25) is 5.02 Å². The van der Waals surface area contributed by atoms with E-state index in [-0.39, 0.29) is 41.4 Å². The predicted molar refractivity (Wildman–Crippen MR) is 140 cm³/mol. The number of carbonyl (C=O) groups is 1.